The zero-order chi connectivity index (χ0) is 21.0. The molecular weight excluding hydrogens is 368 g/mol. The Morgan fingerprint density at radius 2 is 2.10 bits per heavy atom. The zero-order valence-corrected chi connectivity index (χ0v) is 18.0. The molecule has 6 nitrogen and oxygen atoms in total. The molecule has 0 aliphatic heterocycles. The number of aryl methyl sites for hydroxylation is 1. The van der Waals surface area contributed by atoms with Crippen molar-refractivity contribution in [2.45, 2.75) is 58.6 Å². The van der Waals surface area contributed by atoms with Gasteiger partial charge in [0.15, 0.2) is 0 Å². The summed E-state index contributed by atoms with van der Waals surface area (Å²) in [6.07, 6.45) is 4.41. The van der Waals surface area contributed by atoms with E-state index in [1.54, 1.807) is 6.92 Å². The number of ether oxygens (including phenoxy) is 2. The summed E-state index contributed by atoms with van der Waals surface area (Å²) in [5.74, 6) is 0.971. The van der Waals surface area contributed by atoms with Gasteiger partial charge >= 0.3 is 5.97 Å². The van der Waals surface area contributed by atoms with E-state index in [0.29, 0.717) is 36.4 Å². The highest BCUT2D eigenvalue weighted by atomic mass is 16.5. The summed E-state index contributed by atoms with van der Waals surface area (Å²) >= 11 is 0. The van der Waals surface area contributed by atoms with Crippen LogP contribution in [0.5, 0.6) is 5.75 Å². The Labute approximate surface area is 173 Å². The Morgan fingerprint density at radius 3 is 2.83 bits per heavy atom. The van der Waals surface area contributed by atoms with Gasteiger partial charge in [0, 0.05) is 36.2 Å². The Kier molecular flexibility index (Phi) is 7.19. The smallest absolute Gasteiger partial charge is 0.340 e. The average molecular weight is 403 g/mol. The lowest BCUT2D eigenvalue weighted by Gasteiger charge is -2.30. The number of aromatic nitrogens is 1. The molecule has 3 atom stereocenters. The predicted octanol–water partition coefficient (Wildman–Crippen LogP) is 3.57. The van der Waals surface area contributed by atoms with Crippen molar-refractivity contribution in [1.29, 1.82) is 0 Å². The van der Waals surface area contributed by atoms with E-state index in [2.05, 4.69) is 12.2 Å². The maximum atomic E-state index is 12.4. The molecule has 1 aliphatic rings. The van der Waals surface area contributed by atoms with E-state index in [9.17, 15) is 9.90 Å². The number of rotatable bonds is 8. The van der Waals surface area contributed by atoms with Crippen LogP contribution in [0.2, 0.25) is 0 Å². The molecule has 1 heterocycles. The molecule has 2 N–H and O–H groups in total. The fraction of sp³-hybridized carbons (Fsp3) is 0.609. The third-order valence-electron chi connectivity index (χ3n) is 6.11. The van der Waals surface area contributed by atoms with E-state index < -0.39 is 6.10 Å². The summed E-state index contributed by atoms with van der Waals surface area (Å²) in [7, 11) is 1.93. The van der Waals surface area contributed by atoms with Crippen LogP contribution in [-0.4, -0.2) is 47.5 Å². The SMILES string of the molecule is CCOC(=O)c1c(C)n(C)c2ccc(OCC(O)CNC3CCCCC3C)cc12. The van der Waals surface area contributed by atoms with Crippen molar-refractivity contribution in [3.63, 3.8) is 0 Å². The van der Waals surface area contributed by atoms with Crippen LogP contribution >= 0.6 is 0 Å². The van der Waals surface area contributed by atoms with Gasteiger partial charge in [-0.3, -0.25) is 0 Å². The number of fused-ring (bicyclic) bond motifs is 1. The first-order valence-corrected chi connectivity index (χ1v) is 10.7. The highest BCUT2D eigenvalue weighted by molar-refractivity contribution is 6.06. The fourth-order valence-electron chi connectivity index (χ4n) is 4.26. The van der Waals surface area contributed by atoms with Crippen molar-refractivity contribution in [3.05, 3.63) is 29.5 Å². The molecule has 1 fully saturated rings. The largest absolute Gasteiger partial charge is 0.491 e. The van der Waals surface area contributed by atoms with Crippen LogP contribution < -0.4 is 10.1 Å². The van der Waals surface area contributed by atoms with Gasteiger partial charge in [0.2, 0.25) is 0 Å². The van der Waals surface area contributed by atoms with Crippen LogP contribution in [0.1, 0.15) is 55.6 Å². The third kappa shape index (κ3) is 4.93. The maximum Gasteiger partial charge on any atom is 0.340 e. The maximum absolute atomic E-state index is 12.4. The highest BCUT2D eigenvalue weighted by Crippen LogP contribution is 2.29. The summed E-state index contributed by atoms with van der Waals surface area (Å²) in [5.41, 5.74) is 2.39. The fourth-order valence-corrected chi connectivity index (χ4v) is 4.26. The molecule has 0 bridgehead atoms. The summed E-state index contributed by atoms with van der Waals surface area (Å²) in [6, 6.07) is 6.15. The number of hydrogen-bond donors (Lipinski definition) is 2. The molecule has 1 aromatic carbocycles. The molecule has 0 amide bonds. The topological polar surface area (TPSA) is 72.7 Å². The van der Waals surface area contributed by atoms with E-state index in [0.717, 1.165) is 16.6 Å². The van der Waals surface area contributed by atoms with Gasteiger partial charge in [-0.05, 0) is 50.8 Å². The molecular formula is C23H34N2O4. The summed E-state index contributed by atoms with van der Waals surface area (Å²) < 4.78 is 13.0. The Morgan fingerprint density at radius 1 is 1.34 bits per heavy atom. The lowest BCUT2D eigenvalue weighted by molar-refractivity contribution is 0.0527. The average Bonchev–Trinajstić information content (AvgIpc) is 2.96. The summed E-state index contributed by atoms with van der Waals surface area (Å²) in [4.78, 5) is 12.4. The Balaban J connectivity index is 1.64. The summed E-state index contributed by atoms with van der Waals surface area (Å²) in [6.45, 7) is 7.06. The van der Waals surface area contributed by atoms with Crippen molar-refractivity contribution >= 4 is 16.9 Å². The second-order valence-electron chi connectivity index (χ2n) is 8.16. The number of aliphatic hydroxyl groups excluding tert-OH is 1. The van der Waals surface area contributed by atoms with E-state index >= 15 is 0 Å². The van der Waals surface area contributed by atoms with Gasteiger partial charge in [0.1, 0.15) is 18.5 Å². The second-order valence-corrected chi connectivity index (χ2v) is 8.16. The molecule has 160 valence electrons. The monoisotopic (exact) mass is 402 g/mol. The van der Waals surface area contributed by atoms with Gasteiger partial charge < -0.3 is 24.5 Å². The molecule has 3 unspecified atom stereocenters. The number of hydrogen-bond acceptors (Lipinski definition) is 5. The van der Waals surface area contributed by atoms with Crippen LogP contribution in [0.3, 0.4) is 0 Å². The predicted molar refractivity (Wildman–Crippen MR) is 115 cm³/mol. The van der Waals surface area contributed by atoms with Crippen molar-refractivity contribution < 1.29 is 19.4 Å². The molecule has 1 saturated carbocycles. The Bertz CT molecular complexity index is 845. The minimum atomic E-state index is -0.582. The van der Waals surface area contributed by atoms with Gasteiger partial charge in [-0.15, -0.1) is 0 Å². The lowest BCUT2D eigenvalue weighted by Crippen LogP contribution is -2.42. The normalized spacial score (nSPS) is 20.6. The van der Waals surface area contributed by atoms with E-state index in [-0.39, 0.29) is 12.6 Å². The number of nitrogens with zero attached hydrogens (tertiary/aromatic N) is 1. The standard InChI is InChI=1S/C23H34N2O4/c1-5-28-23(27)22-16(3)25(4)21-11-10-18(12-19(21)22)29-14-17(26)13-24-20-9-7-6-8-15(20)2/h10-12,15,17,20,24,26H,5-9,13-14H2,1-4H3. The number of carbonyl (C=O) groups excluding carboxylic acids is 1. The van der Waals surface area contributed by atoms with Crippen LogP contribution in [0.25, 0.3) is 10.9 Å². The zero-order valence-electron chi connectivity index (χ0n) is 18.0. The second kappa shape index (κ2) is 9.63. The molecule has 1 aliphatic carbocycles. The number of nitrogens with one attached hydrogen (secondary N) is 1. The van der Waals surface area contributed by atoms with E-state index in [1.807, 2.05) is 36.7 Å². The van der Waals surface area contributed by atoms with Gasteiger partial charge in [-0.25, -0.2) is 4.79 Å². The summed E-state index contributed by atoms with van der Waals surface area (Å²) in [5, 5.41) is 14.6. The van der Waals surface area contributed by atoms with Gasteiger partial charge in [-0.2, -0.15) is 0 Å². The number of aliphatic hydroxyl groups is 1. The third-order valence-corrected chi connectivity index (χ3v) is 6.11. The molecule has 29 heavy (non-hydrogen) atoms. The number of benzene rings is 1. The molecule has 6 heteroatoms. The van der Waals surface area contributed by atoms with Gasteiger partial charge in [0.25, 0.3) is 0 Å². The van der Waals surface area contributed by atoms with Crippen LogP contribution in [-0.2, 0) is 11.8 Å². The molecule has 0 radical (unpaired) electrons. The van der Waals surface area contributed by atoms with Crippen molar-refractivity contribution in [3.8, 4) is 5.75 Å². The van der Waals surface area contributed by atoms with Crippen LogP contribution in [0.15, 0.2) is 18.2 Å². The minimum Gasteiger partial charge on any atom is -0.491 e. The molecule has 0 spiro atoms. The van der Waals surface area contributed by atoms with Gasteiger partial charge in [0.05, 0.1) is 12.2 Å². The number of carbonyl (C=O) groups is 1. The molecule has 2 aromatic rings. The first kappa shape index (κ1) is 21.7. The molecule has 0 saturated heterocycles. The minimum absolute atomic E-state index is 0.208. The van der Waals surface area contributed by atoms with Crippen molar-refractivity contribution in [2.75, 3.05) is 19.8 Å². The van der Waals surface area contributed by atoms with Crippen molar-refractivity contribution in [1.82, 2.24) is 9.88 Å². The highest BCUT2D eigenvalue weighted by Gasteiger charge is 2.22. The van der Waals surface area contributed by atoms with E-state index in [4.69, 9.17) is 9.47 Å². The quantitative estimate of drug-likeness (QED) is 0.661. The van der Waals surface area contributed by atoms with Gasteiger partial charge in [-0.1, -0.05) is 19.8 Å². The molecule has 1 aromatic heterocycles. The van der Waals surface area contributed by atoms with Crippen LogP contribution in [0.4, 0.5) is 0 Å². The van der Waals surface area contributed by atoms with Crippen LogP contribution in [0, 0.1) is 12.8 Å². The van der Waals surface area contributed by atoms with E-state index in [1.165, 1.54) is 25.7 Å². The van der Waals surface area contributed by atoms with Crippen molar-refractivity contribution in [2.24, 2.45) is 13.0 Å². The Hall–Kier alpha value is -2.05. The first-order chi connectivity index (χ1) is 13.9. The number of esters is 1. The molecule has 3 rings (SSSR count). The first-order valence-electron chi connectivity index (χ1n) is 10.7. The lowest BCUT2D eigenvalue weighted by atomic mass is 9.86.